The molecule has 0 saturated carbocycles. The molecule has 1 aliphatic carbocycles. The Hall–Kier alpha value is -2.11. The summed E-state index contributed by atoms with van der Waals surface area (Å²) in [4.78, 5) is 22.8. The molecule has 1 amide bonds. The molecule has 6 heteroatoms. The Morgan fingerprint density at radius 1 is 1.58 bits per heavy atom. The molecule has 0 radical (unpaired) electrons. The van der Waals surface area contributed by atoms with Crippen LogP contribution in [0.5, 0.6) is 0 Å². The highest BCUT2D eigenvalue weighted by Gasteiger charge is 2.14. The number of rotatable bonds is 5. The summed E-state index contributed by atoms with van der Waals surface area (Å²) >= 11 is 0. The quantitative estimate of drug-likeness (QED) is 0.643. The van der Waals surface area contributed by atoms with Gasteiger partial charge in [0.2, 0.25) is 5.91 Å². The molecule has 0 bridgehead atoms. The molecule has 19 heavy (non-hydrogen) atoms. The van der Waals surface area contributed by atoms with Gasteiger partial charge in [-0.3, -0.25) is 14.3 Å². The summed E-state index contributed by atoms with van der Waals surface area (Å²) in [7, 11) is 1.32. The number of hydrogen-bond donors (Lipinski definition) is 1. The Balaban J connectivity index is 1.83. The van der Waals surface area contributed by atoms with Crippen molar-refractivity contribution in [3.8, 4) is 0 Å². The van der Waals surface area contributed by atoms with Crippen molar-refractivity contribution in [2.75, 3.05) is 12.4 Å². The number of aromatic nitrogens is 2. The topological polar surface area (TPSA) is 73.2 Å². The van der Waals surface area contributed by atoms with Gasteiger partial charge in [-0.05, 0) is 18.8 Å². The van der Waals surface area contributed by atoms with E-state index in [2.05, 4.69) is 27.3 Å². The van der Waals surface area contributed by atoms with Gasteiger partial charge in [0.15, 0.2) is 0 Å². The van der Waals surface area contributed by atoms with Crippen LogP contribution in [-0.2, 0) is 20.9 Å². The predicted molar refractivity (Wildman–Crippen MR) is 69.4 cm³/mol. The van der Waals surface area contributed by atoms with Gasteiger partial charge >= 0.3 is 5.97 Å². The van der Waals surface area contributed by atoms with Crippen LogP contribution in [0, 0.1) is 5.92 Å². The number of carbonyl (C=O) groups excluding carboxylic acids is 2. The summed E-state index contributed by atoms with van der Waals surface area (Å²) < 4.78 is 5.97. The first-order valence-corrected chi connectivity index (χ1v) is 6.23. The molecule has 102 valence electrons. The SMILES string of the molecule is COC(=O)Cn1cc(NC(=O)CC2C=CCC2)cn1. The van der Waals surface area contributed by atoms with Crippen LogP contribution in [0.3, 0.4) is 0 Å². The minimum atomic E-state index is -0.378. The van der Waals surface area contributed by atoms with Crippen LogP contribution in [0.1, 0.15) is 19.3 Å². The Kier molecular flexibility index (Phi) is 4.33. The fourth-order valence-electron chi connectivity index (χ4n) is 2.03. The van der Waals surface area contributed by atoms with Crippen molar-refractivity contribution in [1.29, 1.82) is 0 Å². The lowest BCUT2D eigenvalue weighted by Gasteiger charge is -2.06. The first-order valence-electron chi connectivity index (χ1n) is 6.23. The number of allylic oxidation sites excluding steroid dienone is 2. The monoisotopic (exact) mass is 263 g/mol. The molecule has 1 heterocycles. The fourth-order valence-corrected chi connectivity index (χ4v) is 2.03. The summed E-state index contributed by atoms with van der Waals surface area (Å²) in [6.45, 7) is 0.0394. The number of methoxy groups -OCH3 is 1. The molecule has 0 aromatic carbocycles. The number of anilines is 1. The third-order valence-electron chi connectivity index (χ3n) is 3.00. The standard InChI is InChI=1S/C13H17N3O3/c1-19-13(18)9-16-8-11(7-14-16)15-12(17)6-10-4-2-3-5-10/h2,4,7-8,10H,3,5-6,9H2,1H3,(H,15,17). The van der Waals surface area contributed by atoms with Crippen molar-refractivity contribution < 1.29 is 14.3 Å². The number of nitrogens with one attached hydrogen (secondary N) is 1. The van der Waals surface area contributed by atoms with Gasteiger partial charge in [0.05, 0.1) is 19.0 Å². The molecule has 2 rings (SSSR count). The lowest BCUT2D eigenvalue weighted by atomic mass is 10.1. The number of hydrogen-bond acceptors (Lipinski definition) is 4. The van der Waals surface area contributed by atoms with Gasteiger partial charge in [-0.25, -0.2) is 0 Å². The van der Waals surface area contributed by atoms with Crippen LogP contribution in [-0.4, -0.2) is 28.8 Å². The van der Waals surface area contributed by atoms with E-state index in [0.717, 1.165) is 12.8 Å². The zero-order chi connectivity index (χ0) is 13.7. The number of ether oxygens (including phenoxy) is 1. The van der Waals surface area contributed by atoms with E-state index in [1.165, 1.54) is 18.0 Å². The van der Waals surface area contributed by atoms with Crippen LogP contribution >= 0.6 is 0 Å². The minimum absolute atomic E-state index is 0.0332. The number of nitrogens with zero attached hydrogens (tertiary/aromatic N) is 2. The Bertz CT molecular complexity index is 493. The second kappa shape index (κ2) is 6.17. The van der Waals surface area contributed by atoms with Crippen LogP contribution < -0.4 is 5.32 Å². The average Bonchev–Trinajstić information content (AvgIpc) is 3.01. The molecule has 1 N–H and O–H groups in total. The molecule has 1 aromatic heterocycles. The van der Waals surface area contributed by atoms with Gasteiger partial charge < -0.3 is 10.1 Å². The smallest absolute Gasteiger partial charge is 0.327 e. The van der Waals surface area contributed by atoms with E-state index < -0.39 is 0 Å². The average molecular weight is 263 g/mol. The number of esters is 1. The van der Waals surface area contributed by atoms with E-state index in [1.54, 1.807) is 6.20 Å². The Labute approximate surface area is 111 Å². The van der Waals surface area contributed by atoms with E-state index >= 15 is 0 Å². The van der Waals surface area contributed by atoms with Crippen molar-refractivity contribution in [3.05, 3.63) is 24.5 Å². The molecular formula is C13H17N3O3. The Morgan fingerprint density at radius 3 is 3.11 bits per heavy atom. The van der Waals surface area contributed by atoms with Crippen LogP contribution in [0.15, 0.2) is 24.5 Å². The summed E-state index contributed by atoms with van der Waals surface area (Å²) in [5.74, 6) is -0.0728. The predicted octanol–water partition coefficient (Wildman–Crippen LogP) is 1.35. The van der Waals surface area contributed by atoms with E-state index in [9.17, 15) is 9.59 Å². The molecule has 0 spiro atoms. The number of carbonyl (C=O) groups is 2. The van der Waals surface area contributed by atoms with Gasteiger partial charge in [0.1, 0.15) is 6.54 Å². The van der Waals surface area contributed by atoms with Gasteiger partial charge in [-0.1, -0.05) is 12.2 Å². The molecule has 0 saturated heterocycles. The molecule has 0 fully saturated rings. The van der Waals surface area contributed by atoms with Gasteiger partial charge in [-0.2, -0.15) is 5.10 Å². The van der Waals surface area contributed by atoms with Gasteiger partial charge in [-0.15, -0.1) is 0 Å². The molecule has 6 nitrogen and oxygen atoms in total. The van der Waals surface area contributed by atoms with E-state index in [1.807, 2.05) is 0 Å². The summed E-state index contributed by atoms with van der Waals surface area (Å²) in [6, 6.07) is 0. The van der Waals surface area contributed by atoms with Crippen LogP contribution in [0.25, 0.3) is 0 Å². The van der Waals surface area contributed by atoms with Crippen LogP contribution in [0.2, 0.25) is 0 Å². The molecule has 0 aliphatic heterocycles. The lowest BCUT2D eigenvalue weighted by molar-refractivity contribution is -0.141. The molecule has 1 aliphatic rings. The maximum Gasteiger partial charge on any atom is 0.327 e. The third kappa shape index (κ3) is 3.94. The summed E-state index contributed by atoms with van der Waals surface area (Å²) in [5, 5.41) is 6.75. The van der Waals surface area contributed by atoms with Gasteiger partial charge in [0.25, 0.3) is 0 Å². The molecule has 1 aromatic rings. The summed E-state index contributed by atoms with van der Waals surface area (Å²) in [6.07, 6.45) is 9.89. The molecular weight excluding hydrogens is 246 g/mol. The van der Waals surface area contributed by atoms with Crippen molar-refractivity contribution >= 4 is 17.6 Å². The van der Waals surface area contributed by atoms with Crippen molar-refractivity contribution in [2.24, 2.45) is 5.92 Å². The Morgan fingerprint density at radius 2 is 2.42 bits per heavy atom. The summed E-state index contributed by atoms with van der Waals surface area (Å²) in [5.41, 5.74) is 0.593. The second-order valence-corrected chi connectivity index (χ2v) is 4.52. The maximum atomic E-state index is 11.8. The zero-order valence-corrected chi connectivity index (χ0v) is 10.8. The highest BCUT2D eigenvalue weighted by atomic mass is 16.5. The van der Waals surface area contributed by atoms with Crippen molar-refractivity contribution in [3.63, 3.8) is 0 Å². The van der Waals surface area contributed by atoms with Crippen molar-refractivity contribution in [2.45, 2.75) is 25.8 Å². The third-order valence-corrected chi connectivity index (χ3v) is 3.00. The fraction of sp³-hybridized carbons (Fsp3) is 0.462. The second-order valence-electron chi connectivity index (χ2n) is 4.52. The highest BCUT2D eigenvalue weighted by molar-refractivity contribution is 5.90. The van der Waals surface area contributed by atoms with Crippen LogP contribution in [0.4, 0.5) is 5.69 Å². The molecule has 1 atom stereocenters. The highest BCUT2D eigenvalue weighted by Crippen LogP contribution is 2.20. The molecule has 1 unspecified atom stereocenters. The van der Waals surface area contributed by atoms with Crippen molar-refractivity contribution in [1.82, 2.24) is 9.78 Å². The normalized spacial score (nSPS) is 17.4. The lowest BCUT2D eigenvalue weighted by Crippen LogP contribution is -2.14. The maximum absolute atomic E-state index is 11.8. The number of amides is 1. The largest absolute Gasteiger partial charge is 0.468 e. The van der Waals surface area contributed by atoms with E-state index in [0.29, 0.717) is 18.0 Å². The van der Waals surface area contributed by atoms with E-state index in [4.69, 9.17) is 0 Å². The first kappa shape index (κ1) is 13.3. The van der Waals surface area contributed by atoms with Gasteiger partial charge in [0, 0.05) is 12.6 Å². The first-order chi connectivity index (χ1) is 9.17. The zero-order valence-electron chi connectivity index (χ0n) is 10.8. The minimum Gasteiger partial charge on any atom is -0.468 e. The van der Waals surface area contributed by atoms with E-state index in [-0.39, 0.29) is 18.4 Å².